The summed E-state index contributed by atoms with van der Waals surface area (Å²) in [6, 6.07) is 15.0. The van der Waals surface area contributed by atoms with Crippen molar-refractivity contribution < 1.29 is 9.53 Å². The van der Waals surface area contributed by atoms with Crippen LogP contribution < -0.4 is 10.1 Å². The molecule has 0 saturated heterocycles. The number of nitrogens with zero attached hydrogens (tertiary/aromatic N) is 1. The normalized spacial score (nSPS) is 10.8. The number of carbonyl (C=O) groups excluding carboxylic acids is 1. The molecule has 0 bridgehead atoms. The zero-order valence-electron chi connectivity index (χ0n) is 14.1. The van der Waals surface area contributed by atoms with E-state index in [1.54, 1.807) is 6.08 Å². The van der Waals surface area contributed by atoms with Gasteiger partial charge < -0.3 is 10.1 Å². The Balaban J connectivity index is 2.19. The number of nitrogens with one attached hydrogen (secondary N) is 1. The number of anilines is 1. The topological polar surface area (TPSA) is 62.1 Å². The molecule has 2 aromatic rings. The van der Waals surface area contributed by atoms with Gasteiger partial charge in [-0.2, -0.15) is 5.26 Å². The van der Waals surface area contributed by atoms with E-state index in [2.05, 4.69) is 5.32 Å². The highest BCUT2D eigenvalue weighted by Crippen LogP contribution is 2.18. The minimum atomic E-state index is -0.417. The standard InChI is InChI=1S/C20H20N2O2/c1-4-24-18-9-7-16(8-10-18)12-17(13-21)20(23)22-19-11-14(2)5-6-15(19)3/h5-12H,4H2,1-3H3,(H,22,23)/b17-12-. The molecular weight excluding hydrogens is 300 g/mol. The number of benzene rings is 2. The third-order valence-corrected chi connectivity index (χ3v) is 3.51. The van der Waals surface area contributed by atoms with Crippen LogP contribution in [0.25, 0.3) is 6.08 Å². The third kappa shape index (κ3) is 4.47. The summed E-state index contributed by atoms with van der Waals surface area (Å²) in [5, 5.41) is 12.1. The molecule has 0 aliphatic heterocycles. The van der Waals surface area contributed by atoms with Crippen molar-refractivity contribution in [3.8, 4) is 11.8 Å². The molecule has 0 aliphatic rings. The second-order valence-corrected chi connectivity index (χ2v) is 5.44. The van der Waals surface area contributed by atoms with E-state index >= 15 is 0 Å². The average Bonchev–Trinajstić information content (AvgIpc) is 2.57. The molecule has 2 aromatic carbocycles. The molecule has 4 heteroatoms. The van der Waals surface area contributed by atoms with Gasteiger partial charge in [-0.15, -0.1) is 0 Å². The Morgan fingerprint density at radius 1 is 1.21 bits per heavy atom. The van der Waals surface area contributed by atoms with Crippen LogP contribution >= 0.6 is 0 Å². The summed E-state index contributed by atoms with van der Waals surface area (Å²) >= 11 is 0. The quantitative estimate of drug-likeness (QED) is 0.662. The maximum absolute atomic E-state index is 12.4. The predicted octanol–water partition coefficient (Wildman–Crippen LogP) is 4.25. The van der Waals surface area contributed by atoms with Gasteiger partial charge in [0.05, 0.1) is 6.61 Å². The predicted molar refractivity (Wildman–Crippen MR) is 95.7 cm³/mol. The van der Waals surface area contributed by atoms with E-state index in [-0.39, 0.29) is 5.57 Å². The number of hydrogen-bond acceptors (Lipinski definition) is 3. The summed E-state index contributed by atoms with van der Waals surface area (Å²) in [7, 11) is 0. The maximum Gasteiger partial charge on any atom is 0.266 e. The smallest absolute Gasteiger partial charge is 0.266 e. The van der Waals surface area contributed by atoms with Crippen LogP contribution in [0.2, 0.25) is 0 Å². The number of aryl methyl sites for hydroxylation is 2. The number of rotatable bonds is 5. The van der Waals surface area contributed by atoms with Crippen LogP contribution in [-0.4, -0.2) is 12.5 Å². The lowest BCUT2D eigenvalue weighted by Gasteiger charge is -2.09. The van der Waals surface area contributed by atoms with Gasteiger partial charge in [0, 0.05) is 5.69 Å². The Morgan fingerprint density at radius 3 is 2.54 bits per heavy atom. The zero-order valence-corrected chi connectivity index (χ0v) is 14.1. The Bertz CT molecular complexity index is 799. The Hall–Kier alpha value is -3.06. The molecule has 1 N–H and O–H groups in total. The van der Waals surface area contributed by atoms with Crippen LogP contribution in [0.15, 0.2) is 48.0 Å². The lowest BCUT2D eigenvalue weighted by molar-refractivity contribution is -0.112. The minimum Gasteiger partial charge on any atom is -0.494 e. The van der Waals surface area contributed by atoms with Gasteiger partial charge >= 0.3 is 0 Å². The van der Waals surface area contributed by atoms with Crippen LogP contribution in [0.5, 0.6) is 5.75 Å². The number of amides is 1. The second kappa shape index (κ2) is 7.98. The summed E-state index contributed by atoms with van der Waals surface area (Å²) in [6.07, 6.45) is 1.57. The second-order valence-electron chi connectivity index (χ2n) is 5.44. The van der Waals surface area contributed by atoms with Crippen molar-refractivity contribution in [2.45, 2.75) is 20.8 Å². The molecule has 0 heterocycles. The van der Waals surface area contributed by atoms with E-state index in [4.69, 9.17) is 4.74 Å². The van der Waals surface area contributed by atoms with Gasteiger partial charge in [-0.05, 0) is 61.7 Å². The average molecular weight is 320 g/mol. The van der Waals surface area contributed by atoms with Gasteiger partial charge in [-0.1, -0.05) is 24.3 Å². The van der Waals surface area contributed by atoms with E-state index in [9.17, 15) is 10.1 Å². The van der Waals surface area contributed by atoms with E-state index in [1.165, 1.54) is 0 Å². The molecule has 1 amide bonds. The van der Waals surface area contributed by atoms with Gasteiger partial charge in [0.1, 0.15) is 17.4 Å². The monoisotopic (exact) mass is 320 g/mol. The van der Waals surface area contributed by atoms with Crippen molar-refractivity contribution in [1.29, 1.82) is 5.26 Å². The first kappa shape index (κ1) is 17.3. The lowest BCUT2D eigenvalue weighted by Crippen LogP contribution is -2.14. The van der Waals surface area contributed by atoms with Gasteiger partial charge in [-0.3, -0.25) is 4.79 Å². The molecule has 0 aliphatic carbocycles. The number of carbonyl (C=O) groups is 1. The van der Waals surface area contributed by atoms with Gasteiger partial charge in [0.15, 0.2) is 0 Å². The van der Waals surface area contributed by atoms with E-state index in [1.807, 2.05) is 69.3 Å². The summed E-state index contributed by atoms with van der Waals surface area (Å²) in [4.78, 5) is 12.4. The molecule has 4 nitrogen and oxygen atoms in total. The molecule has 0 atom stereocenters. The van der Waals surface area contributed by atoms with Crippen LogP contribution in [-0.2, 0) is 4.79 Å². The first-order chi connectivity index (χ1) is 11.5. The van der Waals surface area contributed by atoms with Gasteiger partial charge in [0.25, 0.3) is 5.91 Å². The first-order valence-corrected chi connectivity index (χ1v) is 7.76. The highest BCUT2D eigenvalue weighted by Gasteiger charge is 2.11. The molecule has 0 spiro atoms. The third-order valence-electron chi connectivity index (χ3n) is 3.51. The van der Waals surface area contributed by atoms with Crippen LogP contribution in [0.1, 0.15) is 23.6 Å². The Kier molecular flexibility index (Phi) is 5.75. The van der Waals surface area contributed by atoms with Gasteiger partial charge in [0.2, 0.25) is 0 Å². The molecule has 0 unspecified atom stereocenters. The molecule has 0 saturated carbocycles. The van der Waals surface area contributed by atoms with Crippen molar-refractivity contribution in [3.05, 3.63) is 64.7 Å². The molecule has 0 aromatic heterocycles. The Labute approximate surface area is 142 Å². The highest BCUT2D eigenvalue weighted by atomic mass is 16.5. The SMILES string of the molecule is CCOc1ccc(/C=C(/C#N)C(=O)Nc2cc(C)ccc2C)cc1. The Morgan fingerprint density at radius 2 is 1.92 bits per heavy atom. The number of nitriles is 1. The summed E-state index contributed by atoms with van der Waals surface area (Å²) in [6.45, 7) is 6.38. The lowest BCUT2D eigenvalue weighted by atomic mass is 10.1. The minimum absolute atomic E-state index is 0.0556. The van der Waals surface area contributed by atoms with E-state index in [0.29, 0.717) is 12.3 Å². The van der Waals surface area contributed by atoms with Crippen LogP contribution in [0.4, 0.5) is 5.69 Å². The number of ether oxygens (including phenoxy) is 1. The fourth-order valence-corrected chi connectivity index (χ4v) is 2.20. The number of hydrogen-bond donors (Lipinski definition) is 1. The molecule has 0 fully saturated rings. The molecule has 122 valence electrons. The summed E-state index contributed by atoms with van der Waals surface area (Å²) in [5.41, 5.74) is 3.54. The summed E-state index contributed by atoms with van der Waals surface area (Å²) in [5.74, 6) is 0.341. The summed E-state index contributed by atoms with van der Waals surface area (Å²) < 4.78 is 5.38. The molecule has 2 rings (SSSR count). The van der Waals surface area contributed by atoms with Crippen molar-refractivity contribution in [2.75, 3.05) is 11.9 Å². The van der Waals surface area contributed by atoms with Crippen molar-refractivity contribution in [2.24, 2.45) is 0 Å². The maximum atomic E-state index is 12.4. The molecule has 0 radical (unpaired) electrons. The highest BCUT2D eigenvalue weighted by molar-refractivity contribution is 6.10. The van der Waals surface area contributed by atoms with E-state index in [0.717, 1.165) is 22.4 Å². The van der Waals surface area contributed by atoms with Crippen molar-refractivity contribution in [3.63, 3.8) is 0 Å². The van der Waals surface area contributed by atoms with Crippen LogP contribution in [0, 0.1) is 25.2 Å². The van der Waals surface area contributed by atoms with Crippen molar-refractivity contribution in [1.82, 2.24) is 0 Å². The van der Waals surface area contributed by atoms with Gasteiger partial charge in [-0.25, -0.2) is 0 Å². The van der Waals surface area contributed by atoms with E-state index < -0.39 is 5.91 Å². The molecule has 24 heavy (non-hydrogen) atoms. The van der Waals surface area contributed by atoms with Crippen molar-refractivity contribution >= 4 is 17.7 Å². The fourth-order valence-electron chi connectivity index (χ4n) is 2.20. The van der Waals surface area contributed by atoms with Crippen LogP contribution in [0.3, 0.4) is 0 Å². The first-order valence-electron chi connectivity index (χ1n) is 7.76. The molecular formula is C20H20N2O2. The largest absolute Gasteiger partial charge is 0.494 e. The fraction of sp³-hybridized carbons (Fsp3) is 0.200. The zero-order chi connectivity index (χ0) is 17.5.